The van der Waals surface area contributed by atoms with Gasteiger partial charge >= 0.3 is 0 Å². The van der Waals surface area contributed by atoms with Crippen molar-refractivity contribution < 1.29 is 4.79 Å². The van der Waals surface area contributed by atoms with Crippen LogP contribution in [0.5, 0.6) is 0 Å². The summed E-state index contributed by atoms with van der Waals surface area (Å²) in [5, 5.41) is 12.3. The highest BCUT2D eigenvalue weighted by Crippen LogP contribution is 2.33. The average Bonchev–Trinajstić information content (AvgIpc) is 3.26. The van der Waals surface area contributed by atoms with Gasteiger partial charge in [-0.1, -0.05) is 5.21 Å². The summed E-state index contributed by atoms with van der Waals surface area (Å²) in [6.45, 7) is 0.775. The molecule has 1 fully saturated rings. The van der Waals surface area contributed by atoms with E-state index < -0.39 is 0 Å². The van der Waals surface area contributed by atoms with Crippen molar-refractivity contribution in [2.45, 2.75) is 18.9 Å². The molecule has 1 aliphatic rings. The lowest BCUT2D eigenvalue weighted by atomic mass is 10.1. The summed E-state index contributed by atoms with van der Waals surface area (Å²) in [7, 11) is 3.74. The number of nitrogens with zero attached hydrogens (tertiary/aromatic N) is 6. The van der Waals surface area contributed by atoms with E-state index in [9.17, 15) is 4.79 Å². The molecular weight excluding hydrogens is 292 g/mol. The molecule has 1 amide bonds. The van der Waals surface area contributed by atoms with E-state index in [1.807, 2.05) is 49.6 Å². The third-order valence-corrected chi connectivity index (χ3v) is 4.48. The van der Waals surface area contributed by atoms with Gasteiger partial charge in [0.15, 0.2) is 0 Å². The fraction of sp³-hybridized carbons (Fsp3) is 0.375. The number of benzene rings is 1. The van der Waals surface area contributed by atoms with Crippen LogP contribution in [0.15, 0.2) is 30.6 Å². The molecule has 1 aromatic carbocycles. The summed E-state index contributed by atoms with van der Waals surface area (Å²) in [5.41, 5.74) is 3.43. The van der Waals surface area contributed by atoms with Gasteiger partial charge in [-0.05, 0) is 31.0 Å². The van der Waals surface area contributed by atoms with Gasteiger partial charge in [0.1, 0.15) is 5.52 Å². The molecule has 0 aliphatic carbocycles. The minimum absolute atomic E-state index is 0.0453. The molecule has 0 radical (unpaired) electrons. The van der Waals surface area contributed by atoms with Crippen LogP contribution in [0.2, 0.25) is 0 Å². The smallest absolute Gasteiger partial charge is 0.254 e. The number of likely N-dealkylation sites (tertiary alicyclic amines) is 1. The SMILES string of the molecule is Cn1cc(C2CCCN2C(=O)c2ccc3c(c2)nnn3C)cn1. The molecule has 1 atom stereocenters. The Morgan fingerprint density at radius 3 is 2.96 bits per heavy atom. The Morgan fingerprint density at radius 2 is 2.17 bits per heavy atom. The van der Waals surface area contributed by atoms with Crippen LogP contribution in [-0.4, -0.2) is 42.1 Å². The van der Waals surface area contributed by atoms with E-state index in [0.29, 0.717) is 5.56 Å². The summed E-state index contributed by atoms with van der Waals surface area (Å²) < 4.78 is 3.49. The molecule has 4 rings (SSSR count). The van der Waals surface area contributed by atoms with Gasteiger partial charge in [0.05, 0.1) is 17.8 Å². The topological polar surface area (TPSA) is 68.8 Å². The number of hydrogen-bond acceptors (Lipinski definition) is 4. The number of fused-ring (bicyclic) bond motifs is 1. The lowest BCUT2D eigenvalue weighted by Gasteiger charge is -2.24. The van der Waals surface area contributed by atoms with Gasteiger partial charge in [-0.3, -0.25) is 9.48 Å². The first-order chi connectivity index (χ1) is 11.1. The van der Waals surface area contributed by atoms with E-state index in [2.05, 4.69) is 15.4 Å². The maximum atomic E-state index is 12.9. The monoisotopic (exact) mass is 310 g/mol. The standard InChI is InChI=1S/C16H18N6O/c1-20-10-12(9-17-20)14-4-3-7-22(14)16(23)11-5-6-15-13(8-11)18-19-21(15)2/h5-6,8-10,14H,3-4,7H2,1-2H3. The quantitative estimate of drug-likeness (QED) is 0.722. The first-order valence-electron chi connectivity index (χ1n) is 7.72. The van der Waals surface area contributed by atoms with E-state index >= 15 is 0 Å². The normalized spacial score (nSPS) is 18.0. The van der Waals surface area contributed by atoms with Crippen molar-refractivity contribution in [2.24, 2.45) is 14.1 Å². The lowest BCUT2D eigenvalue weighted by molar-refractivity contribution is 0.0736. The van der Waals surface area contributed by atoms with Crippen molar-refractivity contribution in [3.05, 3.63) is 41.7 Å². The first kappa shape index (κ1) is 13.9. The largest absolute Gasteiger partial charge is 0.331 e. The zero-order valence-corrected chi connectivity index (χ0v) is 13.2. The Bertz CT molecular complexity index is 880. The van der Waals surface area contributed by atoms with Crippen molar-refractivity contribution >= 4 is 16.9 Å². The highest BCUT2D eigenvalue weighted by molar-refractivity contribution is 5.97. The van der Waals surface area contributed by atoms with Crippen LogP contribution in [0, 0.1) is 0 Å². The molecule has 23 heavy (non-hydrogen) atoms. The van der Waals surface area contributed by atoms with Crippen molar-refractivity contribution in [3.63, 3.8) is 0 Å². The molecule has 0 saturated carbocycles. The van der Waals surface area contributed by atoms with Gasteiger partial charge in [0.25, 0.3) is 5.91 Å². The summed E-state index contributed by atoms with van der Waals surface area (Å²) >= 11 is 0. The summed E-state index contributed by atoms with van der Waals surface area (Å²) in [5.74, 6) is 0.0453. The first-order valence-corrected chi connectivity index (χ1v) is 7.72. The van der Waals surface area contributed by atoms with Crippen LogP contribution in [0.4, 0.5) is 0 Å². The lowest BCUT2D eigenvalue weighted by Crippen LogP contribution is -2.30. The van der Waals surface area contributed by atoms with Crippen LogP contribution in [-0.2, 0) is 14.1 Å². The van der Waals surface area contributed by atoms with Crippen molar-refractivity contribution in [3.8, 4) is 0 Å². The number of amides is 1. The van der Waals surface area contributed by atoms with E-state index in [0.717, 1.165) is 36.0 Å². The Morgan fingerprint density at radius 1 is 1.30 bits per heavy atom. The van der Waals surface area contributed by atoms with Crippen LogP contribution < -0.4 is 0 Å². The fourth-order valence-electron chi connectivity index (χ4n) is 3.31. The number of aromatic nitrogens is 5. The van der Waals surface area contributed by atoms with E-state index in [1.54, 1.807) is 9.36 Å². The van der Waals surface area contributed by atoms with E-state index in [-0.39, 0.29) is 11.9 Å². The zero-order chi connectivity index (χ0) is 16.0. The predicted octanol–water partition coefficient (Wildman–Crippen LogP) is 1.68. The van der Waals surface area contributed by atoms with Gasteiger partial charge in [0, 0.05) is 38.0 Å². The molecule has 3 heterocycles. The van der Waals surface area contributed by atoms with Crippen molar-refractivity contribution in [2.75, 3.05) is 6.54 Å². The molecule has 2 aromatic heterocycles. The molecule has 3 aromatic rings. The third kappa shape index (κ3) is 2.28. The molecular formula is C16H18N6O. The molecule has 7 nitrogen and oxygen atoms in total. The number of aryl methyl sites for hydroxylation is 2. The molecule has 1 saturated heterocycles. The van der Waals surface area contributed by atoms with Crippen LogP contribution in [0.3, 0.4) is 0 Å². The third-order valence-electron chi connectivity index (χ3n) is 4.48. The van der Waals surface area contributed by atoms with Crippen molar-refractivity contribution in [1.29, 1.82) is 0 Å². The highest BCUT2D eigenvalue weighted by atomic mass is 16.2. The highest BCUT2D eigenvalue weighted by Gasteiger charge is 2.31. The van der Waals surface area contributed by atoms with Crippen LogP contribution in [0.1, 0.15) is 34.8 Å². The summed E-state index contributed by atoms with van der Waals surface area (Å²) in [4.78, 5) is 14.9. The second kappa shape index (κ2) is 5.19. The van der Waals surface area contributed by atoms with Crippen LogP contribution >= 0.6 is 0 Å². The minimum Gasteiger partial charge on any atom is -0.331 e. The van der Waals surface area contributed by atoms with E-state index in [1.165, 1.54) is 0 Å². The fourth-order valence-corrected chi connectivity index (χ4v) is 3.31. The minimum atomic E-state index is 0.0453. The number of rotatable bonds is 2. The summed E-state index contributed by atoms with van der Waals surface area (Å²) in [6, 6.07) is 5.68. The Hall–Kier alpha value is -2.70. The summed E-state index contributed by atoms with van der Waals surface area (Å²) in [6.07, 6.45) is 5.83. The van der Waals surface area contributed by atoms with E-state index in [4.69, 9.17) is 0 Å². The second-order valence-electron chi connectivity index (χ2n) is 6.02. The number of hydrogen-bond donors (Lipinski definition) is 0. The Labute approximate surface area is 133 Å². The van der Waals surface area contributed by atoms with Gasteiger partial charge in [-0.2, -0.15) is 5.10 Å². The van der Waals surface area contributed by atoms with Crippen LogP contribution in [0.25, 0.3) is 11.0 Å². The van der Waals surface area contributed by atoms with Gasteiger partial charge in [-0.25, -0.2) is 4.68 Å². The molecule has 0 bridgehead atoms. The predicted molar refractivity (Wildman–Crippen MR) is 84.7 cm³/mol. The molecule has 0 N–H and O–H groups in total. The number of carbonyl (C=O) groups is 1. The molecule has 1 unspecified atom stereocenters. The second-order valence-corrected chi connectivity index (χ2v) is 6.02. The average molecular weight is 310 g/mol. The number of carbonyl (C=O) groups excluding carboxylic acids is 1. The molecule has 118 valence electrons. The molecule has 0 spiro atoms. The zero-order valence-electron chi connectivity index (χ0n) is 13.2. The molecule has 1 aliphatic heterocycles. The maximum Gasteiger partial charge on any atom is 0.254 e. The Kier molecular flexibility index (Phi) is 3.14. The molecule has 7 heteroatoms. The van der Waals surface area contributed by atoms with Gasteiger partial charge in [-0.15, -0.1) is 5.10 Å². The maximum absolute atomic E-state index is 12.9. The Balaban J connectivity index is 1.66. The van der Waals surface area contributed by atoms with Gasteiger partial charge in [0.2, 0.25) is 0 Å². The van der Waals surface area contributed by atoms with Crippen molar-refractivity contribution in [1.82, 2.24) is 29.7 Å². The van der Waals surface area contributed by atoms with Gasteiger partial charge < -0.3 is 4.90 Å².